The molecular weight excluding hydrogens is 482 g/mol. The summed E-state index contributed by atoms with van der Waals surface area (Å²) in [4.78, 5) is 12.9. The molecule has 9 nitrogen and oxygen atoms in total. The second kappa shape index (κ2) is 11.6. The minimum Gasteiger partial charge on any atom is -0.497 e. The summed E-state index contributed by atoms with van der Waals surface area (Å²) < 4.78 is 43.7. The average Bonchev–Trinajstić information content (AvgIpc) is 2.90. The second-order valence-electron chi connectivity index (χ2n) is 7.82. The molecule has 0 bridgehead atoms. The molecular formula is C26H29N3O6S. The summed E-state index contributed by atoms with van der Waals surface area (Å²) in [7, 11) is 0.507. The molecule has 36 heavy (non-hydrogen) atoms. The van der Waals surface area contributed by atoms with Crippen LogP contribution in [0, 0.1) is 6.92 Å². The molecule has 0 aromatic heterocycles. The van der Waals surface area contributed by atoms with E-state index in [1.54, 1.807) is 68.6 Å². The number of benzene rings is 3. The first kappa shape index (κ1) is 26.6. The van der Waals surface area contributed by atoms with Crippen LogP contribution in [0.5, 0.6) is 17.2 Å². The number of amides is 1. The summed E-state index contributed by atoms with van der Waals surface area (Å²) in [5.74, 6) is 1.00. The van der Waals surface area contributed by atoms with Gasteiger partial charge in [0.15, 0.2) is 11.5 Å². The number of carbonyl (C=O) groups is 1. The Bertz CT molecular complexity index is 1340. The molecule has 0 unspecified atom stereocenters. The lowest BCUT2D eigenvalue weighted by molar-refractivity contribution is -0.119. The molecule has 0 aliphatic heterocycles. The third-order valence-corrected chi connectivity index (χ3v) is 7.19. The van der Waals surface area contributed by atoms with E-state index in [4.69, 9.17) is 14.2 Å². The fourth-order valence-corrected chi connectivity index (χ4v) is 4.76. The van der Waals surface area contributed by atoms with Gasteiger partial charge in [-0.05, 0) is 68.4 Å². The largest absolute Gasteiger partial charge is 0.497 e. The van der Waals surface area contributed by atoms with Crippen molar-refractivity contribution >= 4 is 27.3 Å². The fourth-order valence-electron chi connectivity index (χ4n) is 3.34. The van der Waals surface area contributed by atoms with Gasteiger partial charge in [0, 0.05) is 5.56 Å². The predicted octanol–water partition coefficient (Wildman–Crippen LogP) is 3.76. The van der Waals surface area contributed by atoms with Gasteiger partial charge in [-0.2, -0.15) is 5.10 Å². The van der Waals surface area contributed by atoms with Crippen LogP contribution in [0.3, 0.4) is 0 Å². The van der Waals surface area contributed by atoms with Crippen LogP contribution in [0.2, 0.25) is 0 Å². The van der Waals surface area contributed by atoms with Crippen LogP contribution in [0.25, 0.3) is 0 Å². The van der Waals surface area contributed by atoms with Crippen molar-refractivity contribution in [2.45, 2.75) is 18.7 Å². The van der Waals surface area contributed by atoms with E-state index in [2.05, 4.69) is 10.5 Å². The number of hydrogen-bond donors (Lipinski definition) is 1. The molecule has 0 spiro atoms. The minimum absolute atomic E-state index is 0.0293. The summed E-state index contributed by atoms with van der Waals surface area (Å²) in [5.41, 5.74) is 4.97. The van der Waals surface area contributed by atoms with Crippen molar-refractivity contribution < 1.29 is 27.4 Å². The number of hydrazone groups is 1. The van der Waals surface area contributed by atoms with Gasteiger partial charge in [0.05, 0.1) is 37.6 Å². The van der Waals surface area contributed by atoms with Crippen LogP contribution >= 0.6 is 0 Å². The summed E-state index contributed by atoms with van der Waals surface area (Å²) in [5, 5.41) is 4.15. The van der Waals surface area contributed by atoms with Crippen molar-refractivity contribution in [2.24, 2.45) is 5.10 Å². The maximum Gasteiger partial charge on any atom is 0.264 e. The van der Waals surface area contributed by atoms with Crippen molar-refractivity contribution in [3.05, 3.63) is 77.9 Å². The van der Waals surface area contributed by atoms with Crippen molar-refractivity contribution in [3.63, 3.8) is 0 Å². The molecule has 190 valence electrons. The Hall–Kier alpha value is -4.05. The van der Waals surface area contributed by atoms with Gasteiger partial charge < -0.3 is 14.2 Å². The van der Waals surface area contributed by atoms with Gasteiger partial charge in [0.1, 0.15) is 12.3 Å². The zero-order chi connectivity index (χ0) is 26.3. The Labute approximate surface area is 211 Å². The number of carbonyl (C=O) groups excluding carboxylic acids is 1. The number of nitrogens with zero attached hydrogens (tertiary/aromatic N) is 2. The molecule has 0 aliphatic rings. The van der Waals surface area contributed by atoms with E-state index < -0.39 is 22.5 Å². The lowest BCUT2D eigenvalue weighted by Gasteiger charge is -2.24. The smallest absolute Gasteiger partial charge is 0.264 e. The highest BCUT2D eigenvalue weighted by Crippen LogP contribution is 2.28. The third-order valence-electron chi connectivity index (χ3n) is 5.41. The molecule has 3 rings (SSSR count). The Balaban J connectivity index is 1.86. The maximum absolute atomic E-state index is 13.5. The number of anilines is 1. The summed E-state index contributed by atoms with van der Waals surface area (Å²) in [6, 6.07) is 18.1. The van der Waals surface area contributed by atoms with E-state index in [0.29, 0.717) is 34.2 Å². The monoisotopic (exact) mass is 511 g/mol. The van der Waals surface area contributed by atoms with Crippen LogP contribution in [0.1, 0.15) is 18.1 Å². The normalized spacial score (nSPS) is 11.5. The van der Waals surface area contributed by atoms with Gasteiger partial charge in [-0.3, -0.25) is 9.10 Å². The molecule has 0 aliphatic carbocycles. The highest BCUT2D eigenvalue weighted by atomic mass is 32.2. The van der Waals surface area contributed by atoms with Crippen LogP contribution < -0.4 is 23.9 Å². The van der Waals surface area contributed by atoms with Crippen LogP contribution in [-0.4, -0.2) is 47.9 Å². The third kappa shape index (κ3) is 6.14. The number of aryl methyl sites for hydroxylation is 1. The van der Waals surface area contributed by atoms with Crippen LogP contribution in [0.4, 0.5) is 5.69 Å². The highest BCUT2D eigenvalue weighted by molar-refractivity contribution is 7.92. The van der Waals surface area contributed by atoms with Gasteiger partial charge in [0.2, 0.25) is 0 Å². The molecule has 3 aromatic carbocycles. The molecule has 1 amide bonds. The summed E-state index contributed by atoms with van der Waals surface area (Å²) in [6.45, 7) is 3.14. The predicted molar refractivity (Wildman–Crippen MR) is 139 cm³/mol. The van der Waals surface area contributed by atoms with E-state index in [1.165, 1.54) is 26.4 Å². The van der Waals surface area contributed by atoms with E-state index in [1.807, 2.05) is 6.92 Å². The molecule has 0 heterocycles. The lowest BCUT2D eigenvalue weighted by atomic mass is 10.1. The molecule has 1 N–H and O–H groups in total. The Kier molecular flexibility index (Phi) is 8.55. The first-order chi connectivity index (χ1) is 17.2. The molecule has 0 fully saturated rings. The van der Waals surface area contributed by atoms with Crippen molar-refractivity contribution in [1.29, 1.82) is 0 Å². The molecule has 0 radical (unpaired) electrons. The van der Waals surface area contributed by atoms with E-state index in [0.717, 1.165) is 9.87 Å². The van der Waals surface area contributed by atoms with Gasteiger partial charge in [0.25, 0.3) is 15.9 Å². The number of ether oxygens (including phenoxy) is 3. The topological polar surface area (TPSA) is 107 Å². The van der Waals surface area contributed by atoms with Gasteiger partial charge in [-0.15, -0.1) is 0 Å². The SMILES string of the molecule is COc1ccc(S(=O)(=O)N(CC(=O)N/N=C(\C)c2ccc(OC)c(OC)c2)c2ccc(C)cc2)cc1. The van der Waals surface area contributed by atoms with E-state index in [-0.39, 0.29) is 4.90 Å². The van der Waals surface area contributed by atoms with Crippen LogP contribution in [-0.2, 0) is 14.8 Å². The standard InChI is InChI=1S/C26H29N3O6S/c1-18-6-9-21(10-7-18)29(36(31,32)23-13-11-22(33-3)12-14-23)17-26(30)28-27-19(2)20-8-15-24(34-4)25(16-20)35-5/h6-16H,17H2,1-5H3,(H,28,30)/b27-19+. The Morgan fingerprint density at radius 1 is 0.889 bits per heavy atom. The zero-order valence-electron chi connectivity index (χ0n) is 20.8. The quantitative estimate of drug-likeness (QED) is 0.328. The average molecular weight is 512 g/mol. The summed E-state index contributed by atoms with van der Waals surface area (Å²) >= 11 is 0. The van der Waals surface area contributed by atoms with Crippen molar-refractivity contribution in [2.75, 3.05) is 32.2 Å². The van der Waals surface area contributed by atoms with Crippen molar-refractivity contribution in [1.82, 2.24) is 5.43 Å². The number of rotatable bonds is 10. The highest BCUT2D eigenvalue weighted by Gasteiger charge is 2.27. The lowest BCUT2D eigenvalue weighted by Crippen LogP contribution is -2.39. The summed E-state index contributed by atoms with van der Waals surface area (Å²) in [6.07, 6.45) is 0. The molecule has 0 saturated carbocycles. The van der Waals surface area contributed by atoms with Crippen LogP contribution in [0.15, 0.2) is 76.7 Å². The van der Waals surface area contributed by atoms with Gasteiger partial charge in [-0.25, -0.2) is 13.8 Å². The van der Waals surface area contributed by atoms with Gasteiger partial charge >= 0.3 is 0 Å². The number of methoxy groups -OCH3 is 3. The van der Waals surface area contributed by atoms with E-state index >= 15 is 0 Å². The number of hydrogen-bond acceptors (Lipinski definition) is 7. The second-order valence-corrected chi connectivity index (χ2v) is 9.69. The number of sulfonamides is 1. The minimum atomic E-state index is -4.06. The Morgan fingerprint density at radius 3 is 2.11 bits per heavy atom. The zero-order valence-corrected chi connectivity index (χ0v) is 21.6. The molecule has 0 atom stereocenters. The fraction of sp³-hybridized carbons (Fsp3) is 0.231. The first-order valence-corrected chi connectivity index (χ1v) is 12.4. The molecule has 10 heteroatoms. The number of nitrogens with one attached hydrogen (secondary N) is 1. The molecule has 3 aromatic rings. The Morgan fingerprint density at radius 2 is 1.53 bits per heavy atom. The van der Waals surface area contributed by atoms with E-state index in [9.17, 15) is 13.2 Å². The molecule has 0 saturated heterocycles. The van der Waals surface area contributed by atoms with Gasteiger partial charge in [-0.1, -0.05) is 17.7 Å². The maximum atomic E-state index is 13.5. The first-order valence-electron chi connectivity index (χ1n) is 11.0. The van der Waals surface area contributed by atoms with Crippen molar-refractivity contribution in [3.8, 4) is 17.2 Å².